The van der Waals surface area contributed by atoms with E-state index < -0.39 is 17.7 Å². The molecule has 0 unspecified atom stereocenters. The van der Waals surface area contributed by atoms with Crippen molar-refractivity contribution < 1.29 is 23.5 Å². The third kappa shape index (κ3) is 6.44. The number of aryl methyl sites for hydroxylation is 1. The lowest BCUT2D eigenvalue weighted by Gasteiger charge is -2.09. The summed E-state index contributed by atoms with van der Waals surface area (Å²) < 4.78 is 18.9. The predicted octanol–water partition coefficient (Wildman–Crippen LogP) is 6.63. The molecule has 37 heavy (non-hydrogen) atoms. The lowest BCUT2D eigenvalue weighted by Crippen LogP contribution is -2.16. The Labute approximate surface area is 221 Å². The van der Waals surface area contributed by atoms with Crippen LogP contribution in [0.2, 0.25) is 0 Å². The number of halogens is 1. The Morgan fingerprint density at radius 2 is 1.73 bits per heavy atom. The number of rotatable bonds is 8. The molecule has 0 aliphatic heterocycles. The molecule has 0 saturated carbocycles. The second kappa shape index (κ2) is 11.9. The predicted molar refractivity (Wildman–Crippen MR) is 146 cm³/mol. The lowest BCUT2D eigenvalue weighted by atomic mass is 10.0. The van der Waals surface area contributed by atoms with Crippen molar-refractivity contribution in [3.8, 4) is 11.1 Å². The van der Waals surface area contributed by atoms with Gasteiger partial charge in [0, 0.05) is 21.5 Å². The largest absolute Gasteiger partial charge is 0.465 e. The van der Waals surface area contributed by atoms with Gasteiger partial charge in [0.15, 0.2) is 0 Å². The van der Waals surface area contributed by atoms with E-state index in [1.165, 1.54) is 48.4 Å². The third-order valence-corrected chi connectivity index (χ3v) is 7.27. The summed E-state index contributed by atoms with van der Waals surface area (Å²) in [6, 6.07) is 20.4. The Morgan fingerprint density at radius 1 is 0.973 bits per heavy atom. The highest BCUT2D eigenvalue weighted by Crippen LogP contribution is 2.36. The minimum absolute atomic E-state index is 0.0534. The van der Waals surface area contributed by atoms with Gasteiger partial charge in [0.25, 0.3) is 5.91 Å². The first-order valence-corrected chi connectivity index (χ1v) is 13.1. The standard InChI is InChI=1S/C28H23FN2O4S2/c1-17-10-12-18(13-11-17)22-15-37-27(25(22)28(34)35-2)31-24(32)16-36-20-7-5-6-19(14-20)30-26(33)21-8-3-4-9-23(21)29/h3-15H,16H2,1-2H3,(H,30,33)(H,31,32). The van der Waals surface area contributed by atoms with Crippen molar-refractivity contribution in [1.82, 2.24) is 0 Å². The molecule has 0 fully saturated rings. The van der Waals surface area contributed by atoms with Crippen molar-refractivity contribution in [3.63, 3.8) is 0 Å². The van der Waals surface area contributed by atoms with E-state index in [-0.39, 0.29) is 17.2 Å². The van der Waals surface area contributed by atoms with Gasteiger partial charge >= 0.3 is 5.97 Å². The van der Waals surface area contributed by atoms with Gasteiger partial charge in [0.2, 0.25) is 5.91 Å². The summed E-state index contributed by atoms with van der Waals surface area (Å²) in [4.78, 5) is 38.4. The summed E-state index contributed by atoms with van der Waals surface area (Å²) >= 11 is 2.52. The number of carbonyl (C=O) groups excluding carboxylic acids is 3. The first kappa shape index (κ1) is 26.1. The molecule has 4 rings (SSSR count). The molecular formula is C28H23FN2O4S2. The topological polar surface area (TPSA) is 84.5 Å². The molecule has 3 aromatic carbocycles. The number of nitrogens with one attached hydrogen (secondary N) is 2. The van der Waals surface area contributed by atoms with Crippen LogP contribution in [-0.4, -0.2) is 30.6 Å². The van der Waals surface area contributed by atoms with Gasteiger partial charge in [-0.25, -0.2) is 9.18 Å². The van der Waals surface area contributed by atoms with Crippen LogP contribution in [-0.2, 0) is 9.53 Å². The maximum Gasteiger partial charge on any atom is 0.341 e. The van der Waals surface area contributed by atoms with E-state index in [0.717, 1.165) is 16.0 Å². The molecule has 0 aliphatic rings. The summed E-state index contributed by atoms with van der Waals surface area (Å²) in [6.45, 7) is 1.98. The molecule has 1 aromatic heterocycles. The van der Waals surface area contributed by atoms with Gasteiger partial charge in [-0.3, -0.25) is 9.59 Å². The quantitative estimate of drug-likeness (QED) is 0.196. The fraction of sp³-hybridized carbons (Fsp3) is 0.107. The Kier molecular flexibility index (Phi) is 8.37. The number of methoxy groups -OCH3 is 1. The summed E-state index contributed by atoms with van der Waals surface area (Å²) in [5.74, 6) is -1.92. The SMILES string of the molecule is COC(=O)c1c(-c2ccc(C)cc2)csc1NC(=O)CSc1cccc(NC(=O)c2ccccc2F)c1. The van der Waals surface area contributed by atoms with Gasteiger partial charge < -0.3 is 15.4 Å². The lowest BCUT2D eigenvalue weighted by molar-refractivity contribution is -0.113. The van der Waals surface area contributed by atoms with Crippen molar-refractivity contribution in [1.29, 1.82) is 0 Å². The highest BCUT2D eigenvalue weighted by atomic mass is 32.2. The number of hydrogen-bond donors (Lipinski definition) is 2. The van der Waals surface area contributed by atoms with Crippen LogP contribution in [0.4, 0.5) is 15.1 Å². The smallest absolute Gasteiger partial charge is 0.341 e. The van der Waals surface area contributed by atoms with Crippen LogP contribution in [0, 0.1) is 12.7 Å². The number of amides is 2. The van der Waals surface area contributed by atoms with E-state index in [4.69, 9.17) is 4.74 Å². The summed E-state index contributed by atoms with van der Waals surface area (Å²) in [7, 11) is 1.30. The highest BCUT2D eigenvalue weighted by molar-refractivity contribution is 8.00. The van der Waals surface area contributed by atoms with Crippen LogP contribution in [0.25, 0.3) is 11.1 Å². The number of anilines is 2. The van der Waals surface area contributed by atoms with Crippen molar-refractivity contribution >= 4 is 51.6 Å². The van der Waals surface area contributed by atoms with E-state index >= 15 is 0 Å². The maximum absolute atomic E-state index is 13.9. The molecule has 0 saturated heterocycles. The molecule has 9 heteroatoms. The Balaban J connectivity index is 1.42. The van der Waals surface area contributed by atoms with E-state index in [1.807, 2.05) is 36.6 Å². The number of ether oxygens (including phenoxy) is 1. The number of hydrogen-bond acceptors (Lipinski definition) is 6. The molecule has 0 aliphatic carbocycles. The Bertz CT molecular complexity index is 1450. The van der Waals surface area contributed by atoms with Gasteiger partial charge in [-0.2, -0.15) is 0 Å². The van der Waals surface area contributed by atoms with E-state index in [2.05, 4.69) is 10.6 Å². The van der Waals surface area contributed by atoms with Crippen molar-refractivity contribution in [2.75, 3.05) is 23.5 Å². The second-order valence-electron chi connectivity index (χ2n) is 8.01. The minimum Gasteiger partial charge on any atom is -0.465 e. The first-order valence-electron chi connectivity index (χ1n) is 11.2. The minimum atomic E-state index is -0.604. The van der Waals surface area contributed by atoms with Gasteiger partial charge in [0.05, 0.1) is 18.4 Å². The molecule has 188 valence electrons. The second-order valence-corrected chi connectivity index (χ2v) is 9.94. The van der Waals surface area contributed by atoms with E-state index in [9.17, 15) is 18.8 Å². The van der Waals surface area contributed by atoms with Crippen molar-refractivity contribution in [2.45, 2.75) is 11.8 Å². The zero-order valence-electron chi connectivity index (χ0n) is 20.0. The molecule has 1 heterocycles. The zero-order chi connectivity index (χ0) is 26.4. The van der Waals surface area contributed by atoms with Gasteiger partial charge in [-0.05, 0) is 42.8 Å². The summed E-state index contributed by atoms with van der Waals surface area (Å²) in [5, 5.41) is 7.73. The van der Waals surface area contributed by atoms with E-state index in [1.54, 1.807) is 30.3 Å². The number of thiophene rings is 1. The molecule has 0 radical (unpaired) electrons. The highest BCUT2D eigenvalue weighted by Gasteiger charge is 2.22. The number of carbonyl (C=O) groups is 3. The molecule has 2 amide bonds. The maximum atomic E-state index is 13.9. The molecule has 0 bridgehead atoms. The number of thioether (sulfide) groups is 1. The van der Waals surface area contributed by atoms with Crippen LogP contribution in [0.1, 0.15) is 26.3 Å². The zero-order valence-corrected chi connectivity index (χ0v) is 21.7. The molecule has 6 nitrogen and oxygen atoms in total. The fourth-order valence-electron chi connectivity index (χ4n) is 3.52. The van der Waals surface area contributed by atoms with Crippen LogP contribution < -0.4 is 10.6 Å². The third-order valence-electron chi connectivity index (χ3n) is 5.38. The molecule has 0 spiro atoms. The molecule has 0 atom stereocenters. The average molecular weight is 535 g/mol. The van der Waals surface area contributed by atoms with Crippen LogP contribution in [0.15, 0.2) is 83.1 Å². The molecular weight excluding hydrogens is 511 g/mol. The van der Waals surface area contributed by atoms with Crippen LogP contribution in [0.3, 0.4) is 0 Å². The Morgan fingerprint density at radius 3 is 2.46 bits per heavy atom. The normalized spacial score (nSPS) is 10.6. The molecule has 2 N–H and O–H groups in total. The monoisotopic (exact) mass is 534 g/mol. The van der Waals surface area contributed by atoms with Gasteiger partial charge in [-0.1, -0.05) is 48.0 Å². The van der Waals surface area contributed by atoms with Crippen molar-refractivity contribution in [3.05, 3.63) is 101 Å². The number of benzene rings is 3. The van der Waals surface area contributed by atoms with Gasteiger partial charge in [0.1, 0.15) is 16.4 Å². The molecule has 4 aromatic rings. The van der Waals surface area contributed by atoms with Crippen molar-refractivity contribution in [2.24, 2.45) is 0 Å². The van der Waals surface area contributed by atoms with E-state index in [0.29, 0.717) is 21.8 Å². The fourth-order valence-corrected chi connectivity index (χ4v) is 5.25. The van der Waals surface area contributed by atoms with Crippen LogP contribution >= 0.6 is 23.1 Å². The average Bonchev–Trinajstić information content (AvgIpc) is 3.31. The number of esters is 1. The van der Waals surface area contributed by atoms with Crippen LogP contribution in [0.5, 0.6) is 0 Å². The Hall–Kier alpha value is -3.95. The summed E-state index contributed by atoms with van der Waals surface area (Å²) in [6.07, 6.45) is 0. The van der Waals surface area contributed by atoms with Gasteiger partial charge in [-0.15, -0.1) is 23.1 Å². The summed E-state index contributed by atoms with van der Waals surface area (Å²) in [5.41, 5.74) is 3.38. The first-order chi connectivity index (χ1) is 17.9.